The lowest BCUT2D eigenvalue weighted by atomic mass is 10.2. The number of nitrogens with one attached hydrogen (secondary N) is 1. The van der Waals surface area contributed by atoms with Crippen molar-refractivity contribution in [1.29, 1.82) is 0 Å². The molecule has 0 aliphatic carbocycles. The molecule has 104 valence electrons. The van der Waals surface area contributed by atoms with Crippen LogP contribution < -0.4 is 5.32 Å². The number of hydrogen-bond acceptors (Lipinski definition) is 3. The molecule has 2 nitrogen and oxygen atoms in total. The van der Waals surface area contributed by atoms with E-state index >= 15 is 0 Å². The fourth-order valence-electron chi connectivity index (χ4n) is 1.65. The van der Waals surface area contributed by atoms with Crippen molar-refractivity contribution in [3.05, 3.63) is 21.9 Å². The number of thiophene rings is 1. The number of rotatable bonds is 8. The molecule has 1 aromatic rings. The second-order valence-electron chi connectivity index (χ2n) is 4.98. The van der Waals surface area contributed by atoms with Crippen LogP contribution in [-0.2, 0) is 13.1 Å². The molecule has 0 radical (unpaired) electrons. The van der Waals surface area contributed by atoms with Crippen LogP contribution in [-0.4, -0.2) is 31.5 Å². The highest BCUT2D eigenvalue weighted by Crippen LogP contribution is 2.18. The molecule has 0 bridgehead atoms. The van der Waals surface area contributed by atoms with Gasteiger partial charge in [-0.1, -0.05) is 13.8 Å². The molecule has 1 N–H and O–H groups in total. The number of nitrogens with zero attached hydrogens (tertiary/aromatic N) is 1. The minimum Gasteiger partial charge on any atom is -0.312 e. The van der Waals surface area contributed by atoms with Gasteiger partial charge in [-0.15, -0.1) is 11.3 Å². The van der Waals surface area contributed by atoms with E-state index < -0.39 is 6.43 Å². The first-order valence-corrected chi connectivity index (χ1v) is 7.04. The van der Waals surface area contributed by atoms with Gasteiger partial charge in [0.1, 0.15) is 0 Å². The second kappa shape index (κ2) is 7.81. The van der Waals surface area contributed by atoms with E-state index in [1.165, 1.54) is 4.88 Å². The molecular weight excluding hydrogens is 254 g/mol. The molecule has 1 rings (SSSR count). The lowest BCUT2D eigenvalue weighted by Crippen LogP contribution is -2.23. The molecule has 0 fully saturated rings. The average molecular weight is 276 g/mol. The predicted molar refractivity (Wildman–Crippen MR) is 73.2 cm³/mol. The summed E-state index contributed by atoms with van der Waals surface area (Å²) in [6.07, 6.45) is -2.26. The van der Waals surface area contributed by atoms with Crippen molar-refractivity contribution in [3.8, 4) is 0 Å². The molecule has 18 heavy (non-hydrogen) atoms. The molecule has 0 amide bonds. The highest BCUT2D eigenvalue weighted by molar-refractivity contribution is 7.11. The quantitative estimate of drug-likeness (QED) is 0.784. The normalized spacial score (nSPS) is 12.0. The van der Waals surface area contributed by atoms with Crippen LogP contribution in [0.2, 0.25) is 0 Å². The summed E-state index contributed by atoms with van der Waals surface area (Å²) < 4.78 is 24.4. The van der Waals surface area contributed by atoms with Crippen molar-refractivity contribution in [2.75, 3.05) is 20.1 Å². The monoisotopic (exact) mass is 276 g/mol. The molecule has 1 aromatic heterocycles. The van der Waals surface area contributed by atoms with Gasteiger partial charge in [-0.2, -0.15) is 0 Å². The summed E-state index contributed by atoms with van der Waals surface area (Å²) in [6, 6.07) is 4.10. The third kappa shape index (κ3) is 6.42. The van der Waals surface area contributed by atoms with Gasteiger partial charge in [-0.3, -0.25) is 4.90 Å². The van der Waals surface area contributed by atoms with Crippen LogP contribution in [0.1, 0.15) is 23.6 Å². The Morgan fingerprint density at radius 2 is 1.94 bits per heavy atom. The summed E-state index contributed by atoms with van der Waals surface area (Å²) in [5.74, 6) is 0.640. The van der Waals surface area contributed by atoms with Gasteiger partial charge in [-0.25, -0.2) is 8.78 Å². The van der Waals surface area contributed by atoms with Crippen LogP contribution in [0.5, 0.6) is 0 Å². The van der Waals surface area contributed by atoms with Crippen molar-refractivity contribution in [2.24, 2.45) is 5.92 Å². The Balaban J connectivity index is 2.33. The van der Waals surface area contributed by atoms with Gasteiger partial charge in [0, 0.05) is 22.8 Å². The first kappa shape index (κ1) is 15.5. The van der Waals surface area contributed by atoms with Crippen molar-refractivity contribution >= 4 is 11.3 Å². The fourth-order valence-corrected chi connectivity index (χ4v) is 2.72. The first-order chi connectivity index (χ1) is 8.47. The fraction of sp³-hybridized carbons (Fsp3) is 0.692. The molecule has 5 heteroatoms. The van der Waals surface area contributed by atoms with Crippen LogP contribution in [0.15, 0.2) is 12.1 Å². The second-order valence-corrected chi connectivity index (χ2v) is 6.23. The van der Waals surface area contributed by atoms with E-state index in [4.69, 9.17) is 0 Å². The Morgan fingerprint density at radius 3 is 2.56 bits per heavy atom. The highest BCUT2D eigenvalue weighted by atomic mass is 32.1. The summed E-state index contributed by atoms with van der Waals surface area (Å²) in [5.41, 5.74) is 0. The molecule has 0 unspecified atom stereocenters. The Bertz CT molecular complexity index is 339. The van der Waals surface area contributed by atoms with Gasteiger partial charge < -0.3 is 5.32 Å². The van der Waals surface area contributed by atoms with Crippen LogP contribution in [0.4, 0.5) is 8.78 Å². The van der Waals surface area contributed by atoms with E-state index in [1.807, 2.05) is 6.07 Å². The number of halogens is 2. The molecule has 0 spiro atoms. The number of hydrogen-bond donors (Lipinski definition) is 1. The van der Waals surface area contributed by atoms with Gasteiger partial charge in [0.25, 0.3) is 6.43 Å². The molecule has 0 aromatic carbocycles. The van der Waals surface area contributed by atoms with Gasteiger partial charge in [-0.05, 0) is 31.6 Å². The molecular formula is C13H22F2N2S. The number of alkyl halides is 2. The minimum atomic E-state index is -2.26. The lowest BCUT2D eigenvalue weighted by molar-refractivity contribution is 0.0979. The summed E-state index contributed by atoms with van der Waals surface area (Å²) in [6.45, 7) is 6.64. The Hall–Kier alpha value is -0.520. The molecule has 0 aliphatic rings. The molecule has 0 aliphatic heterocycles. The van der Waals surface area contributed by atoms with Gasteiger partial charge in [0.05, 0.1) is 6.54 Å². The largest absolute Gasteiger partial charge is 0.312 e. The first-order valence-electron chi connectivity index (χ1n) is 6.22. The standard InChI is InChI=1S/C13H22F2N2S/c1-10(2)6-16-7-11-4-5-12(18-11)8-17(3)9-13(14)15/h4-5,10,13,16H,6-9H2,1-3H3. The van der Waals surface area contributed by atoms with Crippen LogP contribution >= 0.6 is 11.3 Å². The van der Waals surface area contributed by atoms with Crippen LogP contribution in [0, 0.1) is 5.92 Å². The summed E-state index contributed by atoms with van der Waals surface area (Å²) >= 11 is 1.69. The molecule has 0 saturated carbocycles. The summed E-state index contributed by atoms with van der Waals surface area (Å²) in [7, 11) is 1.72. The van der Waals surface area contributed by atoms with E-state index in [-0.39, 0.29) is 6.54 Å². The third-order valence-corrected chi connectivity index (χ3v) is 3.51. The van der Waals surface area contributed by atoms with Gasteiger partial charge in [0.2, 0.25) is 0 Å². The molecule has 1 heterocycles. The van der Waals surface area contributed by atoms with Crippen molar-refractivity contribution in [2.45, 2.75) is 33.4 Å². The Kier molecular flexibility index (Phi) is 6.75. The topological polar surface area (TPSA) is 15.3 Å². The van der Waals surface area contributed by atoms with E-state index in [1.54, 1.807) is 23.3 Å². The van der Waals surface area contributed by atoms with Gasteiger partial charge >= 0.3 is 0 Å². The van der Waals surface area contributed by atoms with Crippen molar-refractivity contribution in [1.82, 2.24) is 10.2 Å². The van der Waals surface area contributed by atoms with E-state index in [0.29, 0.717) is 12.5 Å². The summed E-state index contributed by atoms with van der Waals surface area (Å²) in [4.78, 5) is 4.05. The zero-order valence-electron chi connectivity index (χ0n) is 11.2. The third-order valence-electron chi connectivity index (χ3n) is 2.44. The predicted octanol–water partition coefficient (Wildman–Crippen LogP) is 3.19. The van der Waals surface area contributed by atoms with Crippen molar-refractivity contribution in [3.63, 3.8) is 0 Å². The zero-order valence-corrected chi connectivity index (χ0v) is 12.1. The van der Waals surface area contributed by atoms with E-state index in [9.17, 15) is 8.78 Å². The lowest BCUT2D eigenvalue weighted by Gasteiger charge is -2.14. The highest BCUT2D eigenvalue weighted by Gasteiger charge is 2.09. The smallest absolute Gasteiger partial charge is 0.251 e. The minimum absolute atomic E-state index is 0.168. The SMILES string of the molecule is CC(C)CNCc1ccc(CN(C)CC(F)F)s1. The average Bonchev–Trinajstić information content (AvgIpc) is 2.63. The van der Waals surface area contributed by atoms with E-state index in [0.717, 1.165) is 18.0 Å². The maximum Gasteiger partial charge on any atom is 0.251 e. The van der Waals surface area contributed by atoms with Crippen molar-refractivity contribution < 1.29 is 8.78 Å². The molecule has 0 saturated heterocycles. The maximum absolute atomic E-state index is 12.2. The van der Waals surface area contributed by atoms with Crippen LogP contribution in [0.3, 0.4) is 0 Å². The zero-order chi connectivity index (χ0) is 13.5. The van der Waals surface area contributed by atoms with Gasteiger partial charge in [0.15, 0.2) is 0 Å². The Morgan fingerprint density at radius 1 is 1.28 bits per heavy atom. The maximum atomic E-state index is 12.2. The Labute approximate surface area is 112 Å². The molecule has 0 atom stereocenters. The van der Waals surface area contributed by atoms with Crippen LogP contribution in [0.25, 0.3) is 0 Å². The van der Waals surface area contributed by atoms with E-state index in [2.05, 4.69) is 25.2 Å². The summed E-state index contributed by atoms with van der Waals surface area (Å²) in [5, 5.41) is 3.38.